The number of nitrogens with zero attached hydrogens (tertiary/aromatic N) is 1. The zero-order valence-electron chi connectivity index (χ0n) is 11.4. The van der Waals surface area contributed by atoms with Gasteiger partial charge in [0.15, 0.2) is 0 Å². The van der Waals surface area contributed by atoms with Crippen LogP contribution in [-0.4, -0.2) is 25.8 Å². The molecule has 106 valence electrons. The zero-order chi connectivity index (χ0) is 13.9. The topological polar surface area (TPSA) is 63.4 Å². The number of hydrogen-bond acceptors (Lipinski definition) is 3. The first-order valence-corrected chi connectivity index (χ1v) is 8.31. The number of sulfonamides is 1. The van der Waals surface area contributed by atoms with Crippen LogP contribution in [0.1, 0.15) is 31.7 Å². The maximum absolute atomic E-state index is 12.7. The van der Waals surface area contributed by atoms with E-state index in [4.69, 9.17) is 5.73 Å². The lowest BCUT2D eigenvalue weighted by molar-refractivity contribution is 0.261. The Hall–Kier alpha value is -0.910. The number of nitrogens with two attached hydrogens (primary N) is 1. The van der Waals surface area contributed by atoms with E-state index in [1.54, 1.807) is 22.5 Å². The molecule has 0 amide bonds. The Morgan fingerprint density at radius 3 is 2.79 bits per heavy atom. The molecule has 1 aliphatic rings. The Bertz CT molecular complexity index is 528. The third-order valence-electron chi connectivity index (χ3n) is 3.87. The number of benzene rings is 1. The van der Waals surface area contributed by atoms with Crippen molar-refractivity contribution in [1.29, 1.82) is 0 Å². The van der Waals surface area contributed by atoms with Gasteiger partial charge in [0.25, 0.3) is 0 Å². The summed E-state index contributed by atoms with van der Waals surface area (Å²) in [5.74, 6) is 0.480. The second kappa shape index (κ2) is 6.03. The van der Waals surface area contributed by atoms with E-state index in [1.807, 2.05) is 6.07 Å². The molecule has 1 aliphatic heterocycles. The summed E-state index contributed by atoms with van der Waals surface area (Å²) in [4.78, 5) is 0.370. The van der Waals surface area contributed by atoms with Gasteiger partial charge < -0.3 is 5.73 Å². The van der Waals surface area contributed by atoms with Crippen LogP contribution in [0.4, 0.5) is 0 Å². The number of piperidine rings is 1. The van der Waals surface area contributed by atoms with Crippen molar-refractivity contribution in [3.05, 3.63) is 29.8 Å². The van der Waals surface area contributed by atoms with Gasteiger partial charge >= 0.3 is 0 Å². The first-order chi connectivity index (χ1) is 9.09. The van der Waals surface area contributed by atoms with Crippen molar-refractivity contribution >= 4 is 10.0 Å². The van der Waals surface area contributed by atoms with E-state index in [9.17, 15) is 8.42 Å². The van der Waals surface area contributed by atoms with E-state index in [2.05, 4.69) is 6.92 Å². The summed E-state index contributed by atoms with van der Waals surface area (Å²) in [5.41, 5.74) is 6.34. The Kier molecular flexibility index (Phi) is 4.60. The molecule has 0 aromatic heterocycles. The van der Waals surface area contributed by atoms with Crippen molar-refractivity contribution in [1.82, 2.24) is 4.31 Å². The van der Waals surface area contributed by atoms with Crippen molar-refractivity contribution in [2.75, 3.05) is 13.1 Å². The minimum absolute atomic E-state index is 0.250. The molecule has 0 aliphatic carbocycles. The van der Waals surface area contributed by atoms with E-state index in [0.717, 1.165) is 19.3 Å². The molecule has 1 heterocycles. The van der Waals surface area contributed by atoms with E-state index in [1.165, 1.54) is 0 Å². The van der Waals surface area contributed by atoms with Crippen molar-refractivity contribution in [3.8, 4) is 0 Å². The summed E-state index contributed by atoms with van der Waals surface area (Å²) < 4.78 is 27.0. The molecular weight excluding hydrogens is 260 g/mol. The standard InChI is InChI=1S/C14H22N2O2S/c1-2-12-6-5-9-16(11-12)19(17,18)14-8-4-3-7-13(14)10-15/h3-4,7-8,12H,2,5-6,9-11,15H2,1H3. The third-order valence-corrected chi connectivity index (χ3v) is 5.83. The average Bonchev–Trinajstić information content (AvgIpc) is 2.47. The summed E-state index contributed by atoms with van der Waals surface area (Å²) in [7, 11) is -3.39. The molecule has 0 bridgehead atoms. The second-order valence-electron chi connectivity index (χ2n) is 5.09. The predicted octanol–water partition coefficient (Wildman–Crippen LogP) is 1.96. The first-order valence-electron chi connectivity index (χ1n) is 6.87. The van der Waals surface area contributed by atoms with Crippen molar-refractivity contribution < 1.29 is 8.42 Å². The molecule has 1 aromatic rings. The zero-order valence-corrected chi connectivity index (χ0v) is 12.2. The number of hydrogen-bond donors (Lipinski definition) is 1. The van der Waals surface area contributed by atoms with Gasteiger partial charge in [0.1, 0.15) is 0 Å². The molecule has 1 saturated heterocycles. The van der Waals surface area contributed by atoms with Crippen LogP contribution in [0.3, 0.4) is 0 Å². The Balaban J connectivity index is 2.31. The molecule has 2 N–H and O–H groups in total. The van der Waals surface area contributed by atoms with Gasteiger partial charge in [0.2, 0.25) is 10.0 Å². The van der Waals surface area contributed by atoms with Crippen LogP contribution in [0.2, 0.25) is 0 Å². The second-order valence-corrected chi connectivity index (χ2v) is 7.00. The summed E-state index contributed by atoms with van der Waals surface area (Å²) in [5, 5.41) is 0. The molecule has 0 spiro atoms. The lowest BCUT2D eigenvalue weighted by Gasteiger charge is -2.31. The first kappa shape index (κ1) is 14.5. The highest BCUT2D eigenvalue weighted by molar-refractivity contribution is 7.89. The maximum Gasteiger partial charge on any atom is 0.243 e. The van der Waals surface area contributed by atoms with Crippen LogP contribution < -0.4 is 5.73 Å². The van der Waals surface area contributed by atoms with E-state index in [-0.39, 0.29) is 6.54 Å². The fourth-order valence-electron chi connectivity index (χ4n) is 2.64. The van der Waals surface area contributed by atoms with Gasteiger partial charge in [-0.05, 0) is 30.4 Å². The Labute approximate surface area is 115 Å². The van der Waals surface area contributed by atoms with Gasteiger partial charge in [-0.2, -0.15) is 4.31 Å². The van der Waals surface area contributed by atoms with Gasteiger partial charge in [-0.3, -0.25) is 0 Å². The van der Waals surface area contributed by atoms with Gasteiger partial charge in [0, 0.05) is 19.6 Å². The minimum Gasteiger partial charge on any atom is -0.326 e. The monoisotopic (exact) mass is 282 g/mol. The van der Waals surface area contributed by atoms with Crippen LogP contribution in [0.25, 0.3) is 0 Å². The van der Waals surface area contributed by atoms with Crippen molar-refractivity contribution in [2.24, 2.45) is 11.7 Å². The highest BCUT2D eigenvalue weighted by Gasteiger charge is 2.30. The molecule has 0 radical (unpaired) electrons. The molecule has 1 atom stereocenters. The number of rotatable bonds is 4. The maximum atomic E-state index is 12.7. The minimum atomic E-state index is -3.39. The molecule has 4 nitrogen and oxygen atoms in total. The summed E-state index contributed by atoms with van der Waals surface area (Å²) >= 11 is 0. The Morgan fingerprint density at radius 2 is 2.11 bits per heavy atom. The van der Waals surface area contributed by atoms with Gasteiger partial charge in [0.05, 0.1) is 4.90 Å². The average molecular weight is 282 g/mol. The smallest absolute Gasteiger partial charge is 0.243 e. The molecule has 2 rings (SSSR count). The van der Waals surface area contributed by atoms with Crippen LogP contribution in [0.5, 0.6) is 0 Å². The van der Waals surface area contributed by atoms with Crippen molar-refractivity contribution in [2.45, 2.75) is 37.6 Å². The van der Waals surface area contributed by atoms with Crippen LogP contribution in [0.15, 0.2) is 29.2 Å². The molecule has 0 saturated carbocycles. The lowest BCUT2D eigenvalue weighted by atomic mass is 9.97. The predicted molar refractivity (Wildman–Crippen MR) is 76.1 cm³/mol. The van der Waals surface area contributed by atoms with Gasteiger partial charge in [-0.15, -0.1) is 0 Å². The fraction of sp³-hybridized carbons (Fsp3) is 0.571. The molecule has 5 heteroatoms. The normalized spacial score (nSPS) is 21.5. The highest BCUT2D eigenvalue weighted by atomic mass is 32.2. The summed E-state index contributed by atoms with van der Waals surface area (Å²) in [6.45, 7) is 3.63. The molecule has 1 aromatic carbocycles. The van der Waals surface area contributed by atoms with E-state index < -0.39 is 10.0 Å². The SMILES string of the molecule is CCC1CCCN(S(=O)(=O)c2ccccc2CN)C1. The molecule has 1 unspecified atom stereocenters. The highest BCUT2D eigenvalue weighted by Crippen LogP contribution is 2.26. The lowest BCUT2D eigenvalue weighted by Crippen LogP contribution is -2.40. The molecule has 19 heavy (non-hydrogen) atoms. The van der Waals surface area contributed by atoms with Crippen LogP contribution in [0, 0.1) is 5.92 Å². The van der Waals surface area contributed by atoms with Crippen LogP contribution in [-0.2, 0) is 16.6 Å². The van der Waals surface area contributed by atoms with Gasteiger partial charge in [-0.1, -0.05) is 31.5 Å². The third kappa shape index (κ3) is 2.99. The van der Waals surface area contributed by atoms with E-state index in [0.29, 0.717) is 29.5 Å². The Morgan fingerprint density at radius 1 is 1.37 bits per heavy atom. The van der Waals surface area contributed by atoms with E-state index >= 15 is 0 Å². The largest absolute Gasteiger partial charge is 0.326 e. The van der Waals surface area contributed by atoms with Crippen LogP contribution >= 0.6 is 0 Å². The van der Waals surface area contributed by atoms with Crippen molar-refractivity contribution in [3.63, 3.8) is 0 Å². The summed E-state index contributed by atoms with van der Waals surface area (Å²) in [6, 6.07) is 7.03. The fourth-order valence-corrected chi connectivity index (χ4v) is 4.43. The molecule has 1 fully saturated rings. The van der Waals surface area contributed by atoms with Gasteiger partial charge in [-0.25, -0.2) is 8.42 Å². The molecular formula is C14H22N2O2S. The summed E-state index contributed by atoms with van der Waals surface area (Å²) in [6.07, 6.45) is 3.11. The quantitative estimate of drug-likeness (QED) is 0.918.